The molecule has 0 atom stereocenters. The predicted molar refractivity (Wildman–Crippen MR) is 108 cm³/mol. The van der Waals surface area contributed by atoms with Gasteiger partial charge in [0.2, 0.25) is 10.0 Å². The van der Waals surface area contributed by atoms with Crippen LogP contribution in [0.4, 0.5) is 11.6 Å². The maximum Gasteiger partial charge on any atom is 0.243 e. The van der Waals surface area contributed by atoms with Gasteiger partial charge in [-0.05, 0) is 44.9 Å². The summed E-state index contributed by atoms with van der Waals surface area (Å²) in [7, 11) is -3.48. The number of aromatic nitrogens is 2. The van der Waals surface area contributed by atoms with Gasteiger partial charge in [-0.3, -0.25) is 0 Å². The third-order valence-corrected chi connectivity index (χ3v) is 6.75. The summed E-state index contributed by atoms with van der Waals surface area (Å²) in [6.45, 7) is 10.5. The second-order valence-corrected chi connectivity index (χ2v) is 8.76. The third kappa shape index (κ3) is 4.22. The zero-order valence-corrected chi connectivity index (χ0v) is 17.2. The van der Waals surface area contributed by atoms with Gasteiger partial charge in [0.1, 0.15) is 17.5 Å². The van der Waals surface area contributed by atoms with Crippen LogP contribution >= 0.6 is 0 Å². The fourth-order valence-electron chi connectivity index (χ4n) is 3.27. The van der Waals surface area contributed by atoms with Crippen LogP contribution in [-0.4, -0.2) is 55.4 Å². The Kier molecular flexibility index (Phi) is 5.67. The smallest absolute Gasteiger partial charge is 0.243 e. The van der Waals surface area contributed by atoms with Gasteiger partial charge < -0.3 is 10.2 Å². The molecule has 0 bridgehead atoms. The molecule has 3 rings (SSSR count). The van der Waals surface area contributed by atoms with E-state index in [1.807, 2.05) is 45.9 Å². The molecule has 0 unspecified atom stereocenters. The first-order chi connectivity index (χ1) is 12.8. The van der Waals surface area contributed by atoms with E-state index in [1.54, 1.807) is 10.4 Å². The number of anilines is 2. The average Bonchev–Trinajstić information content (AvgIpc) is 2.63. The molecule has 1 saturated heterocycles. The number of aryl methyl sites for hydroxylation is 3. The van der Waals surface area contributed by atoms with Crippen LogP contribution < -0.4 is 10.2 Å². The number of nitrogens with one attached hydrogen (secondary N) is 1. The molecule has 2 heterocycles. The molecule has 0 aliphatic carbocycles. The van der Waals surface area contributed by atoms with E-state index in [1.165, 1.54) is 0 Å². The van der Waals surface area contributed by atoms with Gasteiger partial charge in [-0.15, -0.1) is 0 Å². The van der Waals surface area contributed by atoms with Gasteiger partial charge in [0.05, 0.1) is 4.90 Å². The fraction of sp³-hybridized carbons (Fsp3) is 0.474. The lowest BCUT2D eigenvalue weighted by Gasteiger charge is -2.35. The maximum absolute atomic E-state index is 13.1. The van der Waals surface area contributed by atoms with E-state index >= 15 is 0 Å². The summed E-state index contributed by atoms with van der Waals surface area (Å²) >= 11 is 0. The lowest BCUT2D eigenvalue weighted by Crippen LogP contribution is -2.49. The molecular formula is C19H27N5O2S. The molecule has 1 fully saturated rings. The van der Waals surface area contributed by atoms with Crippen LogP contribution in [0.15, 0.2) is 29.2 Å². The van der Waals surface area contributed by atoms with Gasteiger partial charge in [0, 0.05) is 38.8 Å². The summed E-state index contributed by atoms with van der Waals surface area (Å²) in [6, 6.07) is 7.48. The highest BCUT2D eigenvalue weighted by molar-refractivity contribution is 7.89. The molecule has 8 heteroatoms. The Morgan fingerprint density at radius 2 is 1.74 bits per heavy atom. The summed E-state index contributed by atoms with van der Waals surface area (Å²) < 4.78 is 27.7. The summed E-state index contributed by atoms with van der Waals surface area (Å²) in [5.41, 5.74) is 1.73. The lowest BCUT2D eigenvalue weighted by molar-refractivity contribution is 0.383. The van der Waals surface area contributed by atoms with Crippen LogP contribution in [0.1, 0.15) is 23.9 Å². The Balaban J connectivity index is 1.76. The zero-order valence-electron chi connectivity index (χ0n) is 16.4. The molecule has 1 N–H and O–H groups in total. The Labute approximate surface area is 161 Å². The van der Waals surface area contributed by atoms with Gasteiger partial charge >= 0.3 is 0 Å². The standard InChI is InChI=1S/C19H27N5O2S/c1-5-20-18-13-19(22-16(4)21-18)23-8-10-24(11-9-23)27(25,26)17-12-14(2)6-7-15(17)3/h6-7,12-13H,5,8-11H2,1-4H3,(H,20,21,22). The van der Waals surface area contributed by atoms with Crippen LogP contribution in [0, 0.1) is 20.8 Å². The number of benzene rings is 1. The highest BCUT2D eigenvalue weighted by Crippen LogP contribution is 2.24. The summed E-state index contributed by atoms with van der Waals surface area (Å²) in [5.74, 6) is 2.33. The Bertz CT molecular complexity index is 922. The normalized spacial score (nSPS) is 15.8. The number of sulfonamides is 1. The van der Waals surface area contributed by atoms with Crippen LogP contribution in [0.2, 0.25) is 0 Å². The first-order valence-corrected chi connectivity index (χ1v) is 10.7. The SMILES string of the molecule is CCNc1cc(N2CCN(S(=O)(=O)c3cc(C)ccc3C)CC2)nc(C)n1. The predicted octanol–water partition coefficient (Wildman–Crippen LogP) is 2.34. The quantitative estimate of drug-likeness (QED) is 0.846. The first kappa shape index (κ1) is 19.6. The first-order valence-electron chi connectivity index (χ1n) is 9.23. The number of nitrogens with zero attached hydrogens (tertiary/aromatic N) is 4. The van der Waals surface area contributed by atoms with Gasteiger partial charge in [-0.25, -0.2) is 18.4 Å². The van der Waals surface area contributed by atoms with Crippen LogP contribution in [0.25, 0.3) is 0 Å². The monoisotopic (exact) mass is 389 g/mol. The van der Waals surface area contributed by atoms with Gasteiger partial charge in [-0.1, -0.05) is 12.1 Å². The van der Waals surface area contributed by atoms with Crippen molar-refractivity contribution in [3.8, 4) is 0 Å². The molecule has 1 aliphatic rings. The second kappa shape index (κ2) is 7.82. The van der Waals surface area contributed by atoms with Crippen molar-refractivity contribution in [2.45, 2.75) is 32.6 Å². The molecule has 0 amide bonds. The largest absolute Gasteiger partial charge is 0.370 e. The molecule has 2 aromatic rings. The van der Waals surface area contributed by atoms with E-state index in [0.717, 1.165) is 29.3 Å². The highest BCUT2D eigenvalue weighted by Gasteiger charge is 2.30. The minimum absolute atomic E-state index is 0.406. The minimum Gasteiger partial charge on any atom is -0.370 e. The van der Waals surface area contributed by atoms with E-state index in [-0.39, 0.29) is 0 Å². The molecular weight excluding hydrogens is 362 g/mol. The molecule has 146 valence electrons. The van der Waals surface area contributed by atoms with Crippen molar-refractivity contribution < 1.29 is 8.42 Å². The van der Waals surface area contributed by atoms with E-state index in [2.05, 4.69) is 20.2 Å². The summed E-state index contributed by atoms with van der Waals surface area (Å²) in [4.78, 5) is 11.4. The molecule has 7 nitrogen and oxygen atoms in total. The Hall–Kier alpha value is -2.19. The minimum atomic E-state index is -3.48. The van der Waals surface area contributed by atoms with Crippen molar-refractivity contribution in [3.63, 3.8) is 0 Å². The van der Waals surface area contributed by atoms with Crippen molar-refractivity contribution >= 4 is 21.7 Å². The van der Waals surface area contributed by atoms with Gasteiger partial charge in [0.25, 0.3) is 0 Å². The van der Waals surface area contributed by atoms with Crippen molar-refractivity contribution in [2.75, 3.05) is 42.9 Å². The molecule has 27 heavy (non-hydrogen) atoms. The molecule has 1 aromatic carbocycles. The van der Waals surface area contributed by atoms with E-state index < -0.39 is 10.0 Å². The van der Waals surface area contributed by atoms with Crippen molar-refractivity contribution in [1.82, 2.24) is 14.3 Å². The molecule has 1 aliphatic heterocycles. The van der Waals surface area contributed by atoms with E-state index in [9.17, 15) is 8.42 Å². The summed E-state index contributed by atoms with van der Waals surface area (Å²) in [5, 5.41) is 3.21. The number of rotatable bonds is 5. The average molecular weight is 390 g/mol. The Morgan fingerprint density at radius 1 is 1.04 bits per heavy atom. The maximum atomic E-state index is 13.1. The number of piperazine rings is 1. The fourth-order valence-corrected chi connectivity index (χ4v) is 5.00. The van der Waals surface area contributed by atoms with E-state index in [4.69, 9.17) is 0 Å². The van der Waals surface area contributed by atoms with Crippen LogP contribution in [0.5, 0.6) is 0 Å². The molecule has 0 saturated carbocycles. The van der Waals surface area contributed by atoms with Crippen molar-refractivity contribution in [2.24, 2.45) is 0 Å². The Morgan fingerprint density at radius 3 is 2.41 bits per heavy atom. The molecule has 0 spiro atoms. The van der Waals surface area contributed by atoms with Gasteiger partial charge in [0.15, 0.2) is 0 Å². The van der Waals surface area contributed by atoms with Crippen LogP contribution in [0.3, 0.4) is 0 Å². The topological polar surface area (TPSA) is 78.4 Å². The van der Waals surface area contributed by atoms with Gasteiger partial charge in [-0.2, -0.15) is 4.31 Å². The molecule has 0 radical (unpaired) electrons. The third-order valence-electron chi connectivity index (χ3n) is 4.71. The molecule has 1 aromatic heterocycles. The highest BCUT2D eigenvalue weighted by atomic mass is 32.2. The van der Waals surface area contributed by atoms with Crippen molar-refractivity contribution in [3.05, 3.63) is 41.2 Å². The second-order valence-electron chi connectivity index (χ2n) is 6.85. The zero-order chi connectivity index (χ0) is 19.6. The lowest BCUT2D eigenvalue weighted by atomic mass is 10.2. The number of hydrogen-bond donors (Lipinski definition) is 1. The van der Waals surface area contributed by atoms with Crippen LogP contribution in [-0.2, 0) is 10.0 Å². The summed E-state index contributed by atoms with van der Waals surface area (Å²) in [6.07, 6.45) is 0. The number of hydrogen-bond acceptors (Lipinski definition) is 6. The van der Waals surface area contributed by atoms with Crippen molar-refractivity contribution in [1.29, 1.82) is 0 Å². The van der Waals surface area contributed by atoms with E-state index in [0.29, 0.717) is 36.9 Å².